The molecule has 0 saturated heterocycles. The minimum absolute atomic E-state index is 0.394. The number of aryl methyl sites for hydroxylation is 2. The van der Waals surface area contributed by atoms with Crippen molar-refractivity contribution in [1.82, 2.24) is 24.7 Å². The molecule has 0 spiro atoms. The van der Waals surface area contributed by atoms with E-state index in [1.54, 1.807) is 10.7 Å². The van der Waals surface area contributed by atoms with Crippen molar-refractivity contribution in [1.29, 1.82) is 0 Å². The minimum atomic E-state index is 0.394. The Bertz CT molecular complexity index is 1400. The molecule has 2 aromatic carbocycles. The highest BCUT2D eigenvalue weighted by Gasteiger charge is 2.09. The number of hydrogen-bond acceptors (Lipinski definition) is 6. The largest absolute Gasteiger partial charge is 0.457 e. The van der Waals surface area contributed by atoms with Crippen LogP contribution in [-0.2, 0) is 7.05 Å². The first-order chi connectivity index (χ1) is 14.5. The number of anilines is 2. The van der Waals surface area contributed by atoms with E-state index in [0.29, 0.717) is 16.5 Å². The number of nitrogens with one attached hydrogen (secondary N) is 1. The molecule has 3 heterocycles. The molecule has 3 aromatic heterocycles. The number of aromatic nitrogens is 5. The first kappa shape index (κ1) is 18.3. The number of nitrogens with zero attached hydrogens (tertiary/aromatic N) is 5. The van der Waals surface area contributed by atoms with E-state index in [9.17, 15) is 0 Å². The Balaban J connectivity index is 1.41. The third-order valence-corrected chi connectivity index (χ3v) is 4.92. The second-order valence-electron chi connectivity index (χ2n) is 6.95. The van der Waals surface area contributed by atoms with Gasteiger partial charge in [-0.2, -0.15) is 5.10 Å². The van der Waals surface area contributed by atoms with E-state index in [0.717, 1.165) is 39.2 Å². The average Bonchev–Trinajstić information content (AvgIpc) is 3.10. The summed E-state index contributed by atoms with van der Waals surface area (Å²) in [5.74, 6) is 2.10. The van der Waals surface area contributed by atoms with E-state index in [2.05, 4.69) is 25.4 Å². The molecule has 8 heteroatoms. The first-order valence-electron chi connectivity index (χ1n) is 9.31. The van der Waals surface area contributed by atoms with Gasteiger partial charge in [-0.05, 0) is 55.0 Å². The van der Waals surface area contributed by atoms with Crippen LogP contribution >= 0.6 is 11.6 Å². The molecular formula is C22H17ClN6O. The van der Waals surface area contributed by atoms with Crippen LogP contribution in [0.3, 0.4) is 0 Å². The maximum Gasteiger partial charge on any atom is 0.160 e. The second kappa shape index (κ2) is 7.27. The summed E-state index contributed by atoms with van der Waals surface area (Å²) in [6, 6.07) is 15.2. The van der Waals surface area contributed by atoms with E-state index in [-0.39, 0.29) is 0 Å². The predicted molar refractivity (Wildman–Crippen MR) is 118 cm³/mol. The van der Waals surface area contributed by atoms with Crippen LogP contribution in [0.2, 0.25) is 5.15 Å². The van der Waals surface area contributed by atoms with E-state index in [1.165, 1.54) is 6.33 Å². The second-order valence-corrected chi connectivity index (χ2v) is 7.34. The Labute approximate surface area is 177 Å². The summed E-state index contributed by atoms with van der Waals surface area (Å²) in [6.45, 7) is 1.99. The van der Waals surface area contributed by atoms with Gasteiger partial charge in [0.2, 0.25) is 0 Å². The molecule has 0 radical (unpaired) electrons. The molecule has 0 atom stereocenters. The lowest BCUT2D eigenvalue weighted by Crippen LogP contribution is -1.98. The van der Waals surface area contributed by atoms with Crippen LogP contribution in [0.1, 0.15) is 5.56 Å². The quantitative estimate of drug-likeness (QED) is 0.395. The van der Waals surface area contributed by atoms with Crippen LogP contribution in [0.4, 0.5) is 11.5 Å². The lowest BCUT2D eigenvalue weighted by atomic mass is 10.2. The number of rotatable bonds is 4. The molecule has 0 fully saturated rings. The first-order valence-corrected chi connectivity index (χ1v) is 9.69. The summed E-state index contributed by atoms with van der Waals surface area (Å²) < 4.78 is 7.88. The van der Waals surface area contributed by atoms with Crippen molar-refractivity contribution >= 4 is 45.0 Å². The summed E-state index contributed by atoms with van der Waals surface area (Å²) in [7, 11) is 1.90. The van der Waals surface area contributed by atoms with Crippen LogP contribution in [0.15, 0.2) is 61.1 Å². The standard InChI is InChI=1S/C22H17ClN6O/c1-13-9-15(26-22-21-17(24-12-25-22)6-8-20(23)27-21)4-7-19(13)30-16-5-3-14-11-29(2)28-18(14)10-16/h3-12H,1-2H3,(H,24,25,26). The van der Waals surface area contributed by atoms with Crippen LogP contribution in [0.25, 0.3) is 21.9 Å². The summed E-state index contributed by atoms with van der Waals surface area (Å²) in [5.41, 5.74) is 4.07. The molecule has 5 rings (SSSR count). The smallest absolute Gasteiger partial charge is 0.160 e. The maximum atomic E-state index is 6.09. The molecule has 0 amide bonds. The normalized spacial score (nSPS) is 11.2. The van der Waals surface area contributed by atoms with Gasteiger partial charge < -0.3 is 10.1 Å². The summed E-state index contributed by atoms with van der Waals surface area (Å²) in [5, 5.41) is 9.19. The van der Waals surface area contributed by atoms with Crippen LogP contribution in [0.5, 0.6) is 11.5 Å². The third-order valence-electron chi connectivity index (χ3n) is 4.71. The Morgan fingerprint density at radius 1 is 1.00 bits per heavy atom. The van der Waals surface area contributed by atoms with Gasteiger partial charge in [-0.15, -0.1) is 0 Å². The third kappa shape index (κ3) is 3.51. The van der Waals surface area contributed by atoms with Crippen molar-refractivity contribution < 1.29 is 4.74 Å². The molecule has 0 saturated carbocycles. The highest BCUT2D eigenvalue weighted by Crippen LogP contribution is 2.30. The highest BCUT2D eigenvalue weighted by molar-refractivity contribution is 6.29. The van der Waals surface area contributed by atoms with Gasteiger partial charge in [0.15, 0.2) is 5.82 Å². The summed E-state index contributed by atoms with van der Waals surface area (Å²) in [4.78, 5) is 12.9. The van der Waals surface area contributed by atoms with Gasteiger partial charge in [0.05, 0.1) is 11.0 Å². The summed E-state index contributed by atoms with van der Waals surface area (Å²) >= 11 is 6.04. The highest BCUT2D eigenvalue weighted by atomic mass is 35.5. The van der Waals surface area contributed by atoms with Crippen LogP contribution in [0, 0.1) is 6.92 Å². The molecule has 0 unspecified atom stereocenters. The van der Waals surface area contributed by atoms with Crippen molar-refractivity contribution in [3.63, 3.8) is 0 Å². The van der Waals surface area contributed by atoms with Gasteiger partial charge in [0.25, 0.3) is 0 Å². The van der Waals surface area contributed by atoms with E-state index in [1.807, 2.05) is 62.6 Å². The fourth-order valence-electron chi connectivity index (χ4n) is 3.30. The maximum absolute atomic E-state index is 6.09. The number of ether oxygens (including phenoxy) is 1. The SMILES string of the molecule is Cc1cc(Nc2ncnc3ccc(Cl)nc23)ccc1Oc1ccc2cn(C)nc2c1. The van der Waals surface area contributed by atoms with Gasteiger partial charge in [0, 0.05) is 30.4 Å². The Hall–Kier alpha value is -3.71. The topological polar surface area (TPSA) is 77.8 Å². The van der Waals surface area contributed by atoms with Crippen molar-refractivity contribution in [2.45, 2.75) is 6.92 Å². The van der Waals surface area contributed by atoms with Crippen LogP contribution < -0.4 is 10.1 Å². The van der Waals surface area contributed by atoms with Gasteiger partial charge in [0.1, 0.15) is 28.5 Å². The van der Waals surface area contributed by atoms with E-state index in [4.69, 9.17) is 16.3 Å². The average molecular weight is 417 g/mol. The zero-order valence-corrected chi connectivity index (χ0v) is 17.1. The number of fused-ring (bicyclic) bond motifs is 2. The fourth-order valence-corrected chi connectivity index (χ4v) is 3.44. The van der Waals surface area contributed by atoms with Crippen molar-refractivity contribution in [3.05, 3.63) is 71.8 Å². The van der Waals surface area contributed by atoms with E-state index < -0.39 is 0 Å². The van der Waals surface area contributed by atoms with Crippen molar-refractivity contribution in [3.8, 4) is 11.5 Å². The molecule has 7 nitrogen and oxygen atoms in total. The lowest BCUT2D eigenvalue weighted by Gasteiger charge is -2.12. The van der Waals surface area contributed by atoms with Gasteiger partial charge in [-0.1, -0.05) is 11.6 Å². The predicted octanol–water partition coefficient (Wildman–Crippen LogP) is 5.41. The van der Waals surface area contributed by atoms with Crippen molar-refractivity contribution in [2.75, 3.05) is 5.32 Å². The Kier molecular flexibility index (Phi) is 4.44. The molecule has 0 aliphatic carbocycles. The Morgan fingerprint density at radius 2 is 1.90 bits per heavy atom. The number of hydrogen-bond donors (Lipinski definition) is 1. The fraction of sp³-hybridized carbons (Fsp3) is 0.0909. The molecule has 5 aromatic rings. The minimum Gasteiger partial charge on any atom is -0.457 e. The number of halogens is 1. The molecule has 148 valence electrons. The van der Waals surface area contributed by atoms with Gasteiger partial charge in [-0.3, -0.25) is 4.68 Å². The number of benzene rings is 2. The molecule has 30 heavy (non-hydrogen) atoms. The molecule has 0 bridgehead atoms. The lowest BCUT2D eigenvalue weighted by molar-refractivity contribution is 0.479. The molecule has 0 aliphatic heterocycles. The monoisotopic (exact) mass is 416 g/mol. The van der Waals surface area contributed by atoms with E-state index >= 15 is 0 Å². The Morgan fingerprint density at radius 3 is 2.77 bits per heavy atom. The molecular weight excluding hydrogens is 400 g/mol. The van der Waals surface area contributed by atoms with Crippen LogP contribution in [-0.4, -0.2) is 24.7 Å². The molecule has 0 aliphatic rings. The zero-order valence-electron chi connectivity index (χ0n) is 16.3. The number of pyridine rings is 1. The van der Waals surface area contributed by atoms with Gasteiger partial charge in [-0.25, -0.2) is 15.0 Å². The zero-order chi connectivity index (χ0) is 20.7. The van der Waals surface area contributed by atoms with Gasteiger partial charge >= 0.3 is 0 Å². The van der Waals surface area contributed by atoms with Crippen molar-refractivity contribution in [2.24, 2.45) is 7.05 Å². The summed E-state index contributed by atoms with van der Waals surface area (Å²) in [6.07, 6.45) is 3.47. The molecule has 1 N–H and O–H groups in total.